The molecule has 1 fully saturated rings. The van der Waals surface area contributed by atoms with Crippen LogP contribution in [0.1, 0.15) is 37.1 Å². The maximum atomic E-state index is 5.47. The molecule has 0 bridgehead atoms. The second-order valence-corrected chi connectivity index (χ2v) is 6.78. The van der Waals surface area contributed by atoms with Crippen LogP contribution in [0.5, 0.6) is 5.75 Å². The van der Waals surface area contributed by atoms with Crippen molar-refractivity contribution in [1.82, 2.24) is 15.2 Å². The molecule has 0 saturated carbocycles. The number of nitrogens with one attached hydrogen (secondary N) is 1. The molecule has 5 nitrogen and oxygen atoms in total. The molecule has 1 aliphatic heterocycles. The summed E-state index contributed by atoms with van der Waals surface area (Å²) in [5, 5.41) is 3.43. The Bertz CT molecular complexity index is 566. The van der Waals surface area contributed by atoms with Gasteiger partial charge in [0.25, 0.3) is 0 Å². The Morgan fingerprint density at radius 1 is 1.45 bits per heavy atom. The number of aryl methyl sites for hydroxylation is 1. The normalized spacial score (nSPS) is 17.7. The van der Waals surface area contributed by atoms with E-state index in [0.717, 1.165) is 41.6 Å². The van der Waals surface area contributed by atoms with Crippen LogP contribution in [0.15, 0.2) is 11.2 Å². The maximum absolute atomic E-state index is 5.47. The molecule has 1 N–H and O–H groups in total. The fourth-order valence-electron chi connectivity index (χ4n) is 3.04. The minimum absolute atomic E-state index is 0.360. The van der Waals surface area contributed by atoms with Gasteiger partial charge in [-0.1, -0.05) is 13.8 Å². The van der Waals surface area contributed by atoms with E-state index in [2.05, 4.69) is 41.0 Å². The molecule has 0 unspecified atom stereocenters. The fourth-order valence-corrected chi connectivity index (χ4v) is 3.04. The van der Waals surface area contributed by atoms with E-state index in [-0.39, 0.29) is 0 Å². The summed E-state index contributed by atoms with van der Waals surface area (Å²) in [6.07, 6.45) is 3.06. The lowest BCUT2D eigenvalue weighted by Gasteiger charge is -2.24. The van der Waals surface area contributed by atoms with Gasteiger partial charge in [0.15, 0.2) is 5.96 Å². The molecule has 0 spiro atoms. The zero-order valence-electron chi connectivity index (χ0n) is 14.7. The Morgan fingerprint density at radius 2 is 2.18 bits per heavy atom. The molecule has 2 heterocycles. The lowest BCUT2D eigenvalue weighted by Crippen LogP contribution is -2.40. The summed E-state index contributed by atoms with van der Waals surface area (Å²) in [4.78, 5) is 11.3. The van der Waals surface area contributed by atoms with E-state index >= 15 is 0 Å². The van der Waals surface area contributed by atoms with E-state index in [1.807, 2.05) is 20.2 Å². The number of guanidine groups is 1. The van der Waals surface area contributed by atoms with Crippen LogP contribution >= 0.6 is 0 Å². The number of ether oxygens (including phenoxy) is 1. The molecule has 1 saturated heterocycles. The van der Waals surface area contributed by atoms with Crippen molar-refractivity contribution < 1.29 is 4.74 Å². The Hall–Kier alpha value is -1.78. The Morgan fingerprint density at radius 3 is 2.73 bits per heavy atom. The molecule has 5 heteroatoms. The van der Waals surface area contributed by atoms with Gasteiger partial charge >= 0.3 is 0 Å². The average Bonchev–Trinajstić information content (AvgIpc) is 2.82. The third-order valence-corrected chi connectivity index (χ3v) is 4.35. The molecule has 0 radical (unpaired) electrons. The summed E-state index contributed by atoms with van der Waals surface area (Å²) in [5.74, 6) is 1.87. The largest absolute Gasteiger partial charge is 0.496 e. The van der Waals surface area contributed by atoms with E-state index in [0.29, 0.717) is 12.0 Å². The number of hydrogen-bond acceptors (Lipinski definition) is 3. The lowest BCUT2D eigenvalue weighted by atomic mass is 9.93. The second kappa shape index (κ2) is 6.55. The van der Waals surface area contributed by atoms with Crippen LogP contribution in [0.2, 0.25) is 0 Å². The van der Waals surface area contributed by atoms with E-state index < -0.39 is 0 Å². The average molecular weight is 304 g/mol. The first-order valence-electron chi connectivity index (χ1n) is 7.82. The Labute approximate surface area is 133 Å². The van der Waals surface area contributed by atoms with Gasteiger partial charge in [-0.05, 0) is 25.7 Å². The number of aliphatic imine (C=N–C) groups is 1. The van der Waals surface area contributed by atoms with Crippen LogP contribution in [-0.4, -0.2) is 43.1 Å². The first kappa shape index (κ1) is 16.6. The first-order chi connectivity index (χ1) is 10.4. The number of pyridine rings is 1. The predicted molar refractivity (Wildman–Crippen MR) is 90.4 cm³/mol. The summed E-state index contributed by atoms with van der Waals surface area (Å²) in [6.45, 7) is 11.4. The van der Waals surface area contributed by atoms with Crippen LogP contribution in [0, 0.1) is 19.3 Å². The molecule has 22 heavy (non-hydrogen) atoms. The molecule has 0 aliphatic carbocycles. The third-order valence-electron chi connectivity index (χ3n) is 4.35. The van der Waals surface area contributed by atoms with Crippen molar-refractivity contribution in [3.8, 4) is 5.75 Å². The predicted octanol–water partition coefficient (Wildman–Crippen LogP) is 2.51. The van der Waals surface area contributed by atoms with Crippen molar-refractivity contribution in [2.75, 3.05) is 27.2 Å². The SMILES string of the molecule is CN=C(NCc1ncc(C)c(OC)c1C)N1CCC(C)(C)C1. The quantitative estimate of drug-likeness (QED) is 0.688. The lowest BCUT2D eigenvalue weighted by molar-refractivity contribution is 0.370. The van der Waals surface area contributed by atoms with Gasteiger partial charge in [0.05, 0.1) is 19.3 Å². The highest BCUT2D eigenvalue weighted by atomic mass is 16.5. The zero-order chi connectivity index (χ0) is 16.3. The third kappa shape index (κ3) is 3.51. The standard InChI is InChI=1S/C17H28N4O/c1-12-9-19-14(13(2)15(12)22-6)10-20-16(18-5)21-8-7-17(3,4)11-21/h9H,7-8,10-11H2,1-6H3,(H,18,20). The molecule has 1 aromatic heterocycles. The van der Waals surface area contributed by atoms with Gasteiger partial charge in [0.1, 0.15) is 5.75 Å². The van der Waals surface area contributed by atoms with Crippen molar-refractivity contribution in [2.45, 2.75) is 40.7 Å². The molecular weight excluding hydrogens is 276 g/mol. The van der Waals surface area contributed by atoms with Gasteiger partial charge in [-0.3, -0.25) is 9.98 Å². The monoisotopic (exact) mass is 304 g/mol. The summed E-state index contributed by atoms with van der Waals surface area (Å²) >= 11 is 0. The highest BCUT2D eigenvalue weighted by Gasteiger charge is 2.30. The number of nitrogens with zero attached hydrogens (tertiary/aromatic N) is 3. The molecule has 122 valence electrons. The zero-order valence-corrected chi connectivity index (χ0v) is 14.7. The smallest absolute Gasteiger partial charge is 0.193 e. The van der Waals surface area contributed by atoms with E-state index in [1.54, 1.807) is 7.11 Å². The summed E-state index contributed by atoms with van der Waals surface area (Å²) in [7, 11) is 3.54. The molecule has 0 amide bonds. The molecule has 2 rings (SSSR count). The van der Waals surface area contributed by atoms with Crippen LogP contribution < -0.4 is 10.1 Å². The molecule has 1 aliphatic rings. The van der Waals surface area contributed by atoms with Crippen LogP contribution in [0.25, 0.3) is 0 Å². The van der Waals surface area contributed by atoms with Gasteiger partial charge in [0.2, 0.25) is 0 Å². The summed E-state index contributed by atoms with van der Waals surface area (Å²) in [5.41, 5.74) is 3.52. The molecule has 1 aromatic rings. The van der Waals surface area contributed by atoms with Crippen molar-refractivity contribution in [3.63, 3.8) is 0 Å². The summed E-state index contributed by atoms with van der Waals surface area (Å²) < 4.78 is 5.47. The van der Waals surface area contributed by atoms with Gasteiger partial charge in [-0.25, -0.2) is 0 Å². The molecular formula is C17H28N4O. The highest BCUT2D eigenvalue weighted by molar-refractivity contribution is 5.80. The van der Waals surface area contributed by atoms with Crippen LogP contribution in [0.4, 0.5) is 0 Å². The summed E-state index contributed by atoms with van der Waals surface area (Å²) in [6, 6.07) is 0. The Kier molecular flexibility index (Phi) is 4.94. The van der Waals surface area contributed by atoms with Crippen LogP contribution in [-0.2, 0) is 6.54 Å². The van der Waals surface area contributed by atoms with Crippen molar-refractivity contribution in [2.24, 2.45) is 10.4 Å². The van der Waals surface area contributed by atoms with E-state index in [9.17, 15) is 0 Å². The minimum Gasteiger partial charge on any atom is -0.496 e. The molecule has 0 atom stereocenters. The Balaban J connectivity index is 2.06. The van der Waals surface area contributed by atoms with Gasteiger partial charge < -0.3 is 15.0 Å². The number of methoxy groups -OCH3 is 1. The second-order valence-electron chi connectivity index (χ2n) is 6.78. The molecule has 0 aromatic carbocycles. The van der Waals surface area contributed by atoms with Gasteiger partial charge in [-0.15, -0.1) is 0 Å². The highest BCUT2D eigenvalue weighted by Crippen LogP contribution is 2.29. The van der Waals surface area contributed by atoms with Crippen molar-refractivity contribution in [1.29, 1.82) is 0 Å². The topological polar surface area (TPSA) is 49.8 Å². The number of likely N-dealkylation sites (tertiary alicyclic amines) is 1. The van der Waals surface area contributed by atoms with Crippen LogP contribution in [0.3, 0.4) is 0 Å². The number of hydrogen-bond donors (Lipinski definition) is 1. The van der Waals surface area contributed by atoms with Gasteiger partial charge in [-0.2, -0.15) is 0 Å². The van der Waals surface area contributed by atoms with Crippen molar-refractivity contribution in [3.05, 3.63) is 23.0 Å². The maximum Gasteiger partial charge on any atom is 0.193 e. The van der Waals surface area contributed by atoms with Crippen molar-refractivity contribution >= 4 is 5.96 Å². The van der Waals surface area contributed by atoms with E-state index in [1.165, 1.54) is 6.42 Å². The number of rotatable bonds is 3. The van der Waals surface area contributed by atoms with E-state index in [4.69, 9.17) is 4.74 Å². The first-order valence-corrected chi connectivity index (χ1v) is 7.82. The van der Waals surface area contributed by atoms with Gasteiger partial charge in [0, 0.05) is 37.5 Å². The minimum atomic E-state index is 0.360. The fraction of sp³-hybridized carbons (Fsp3) is 0.647. The number of aromatic nitrogens is 1.